The van der Waals surface area contributed by atoms with Gasteiger partial charge >= 0.3 is 5.69 Å². The molecule has 1 aromatic heterocycles. The summed E-state index contributed by atoms with van der Waals surface area (Å²) in [5.74, 6) is 0. The summed E-state index contributed by atoms with van der Waals surface area (Å²) in [5, 5.41) is 7.24. The number of thioether (sulfide) groups is 1. The van der Waals surface area contributed by atoms with Gasteiger partial charge in [-0.3, -0.25) is 4.57 Å². The van der Waals surface area contributed by atoms with Crippen molar-refractivity contribution in [2.75, 3.05) is 5.73 Å². The summed E-state index contributed by atoms with van der Waals surface area (Å²) < 4.78 is 1.49. The summed E-state index contributed by atoms with van der Waals surface area (Å²) in [6.07, 6.45) is 0. The highest BCUT2D eigenvalue weighted by Gasteiger charge is 2.12. The second kappa shape index (κ2) is 4.67. The van der Waals surface area contributed by atoms with Crippen molar-refractivity contribution in [3.05, 3.63) is 40.3 Å². The molecule has 0 aliphatic rings. The zero-order valence-corrected chi connectivity index (χ0v) is 10.5. The number of benzene rings is 1. The van der Waals surface area contributed by atoms with E-state index in [2.05, 4.69) is 17.1 Å². The lowest BCUT2D eigenvalue weighted by Gasteiger charge is -2.10. The van der Waals surface area contributed by atoms with Gasteiger partial charge in [0, 0.05) is 18.0 Å². The molecule has 17 heavy (non-hydrogen) atoms. The van der Waals surface area contributed by atoms with Crippen LogP contribution in [0.3, 0.4) is 0 Å². The van der Waals surface area contributed by atoms with E-state index < -0.39 is 0 Å². The average Bonchev–Trinajstić information content (AvgIpc) is 2.61. The van der Waals surface area contributed by atoms with Crippen LogP contribution in [0.15, 0.2) is 34.2 Å². The number of nitrogen functional groups attached to an aromatic ring is 1. The van der Waals surface area contributed by atoms with E-state index in [0.29, 0.717) is 5.16 Å². The van der Waals surface area contributed by atoms with Crippen LogP contribution in [0.25, 0.3) is 0 Å². The Kier molecular flexibility index (Phi) is 3.23. The van der Waals surface area contributed by atoms with Crippen LogP contribution in [0.5, 0.6) is 0 Å². The molecule has 0 amide bonds. The van der Waals surface area contributed by atoms with Gasteiger partial charge in [0.25, 0.3) is 0 Å². The fourth-order valence-electron chi connectivity index (χ4n) is 1.48. The van der Waals surface area contributed by atoms with Gasteiger partial charge in [-0.15, -0.1) is 5.10 Å². The monoisotopic (exact) mass is 250 g/mol. The van der Waals surface area contributed by atoms with E-state index in [1.54, 1.807) is 7.05 Å². The number of nitrogens with two attached hydrogens (primary N) is 1. The van der Waals surface area contributed by atoms with Gasteiger partial charge in [0.1, 0.15) is 0 Å². The first-order valence-corrected chi connectivity index (χ1v) is 6.09. The van der Waals surface area contributed by atoms with Crippen molar-refractivity contribution in [2.24, 2.45) is 7.05 Å². The van der Waals surface area contributed by atoms with Gasteiger partial charge in [0.15, 0.2) is 5.16 Å². The second-order valence-electron chi connectivity index (χ2n) is 3.80. The minimum atomic E-state index is -0.202. The third kappa shape index (κ3) is 2.52. The van der Waals surface area contributed by atoms with E-state index in [1.807, 2.05) is 24.3 Å². The molecule has 1 heterocycles. The molecule has 6 heteroatoms. The van der Waals surface area contributed by atoms with E-state index >= 15 is 0 Å². The predicted octanol–water partition coefficient (Wildman–Crippen LogP) is 1.54. The summed E-state index contributed by atoms with van der Waals surface area (Å²) >= 11 is 1.52. The van der Waals surface area contributed by atoms with Gasteiger partial charge in [-0.25, -0.2) is 9.89 Å². The van der Waals surface area contributed by atoms with E-state index in [-0.39, 0.29) is 10.9 Å². The minimum absolute atomic E-state index is 0.187. The SMILES string of the molecule is CC(Sc1n[nH]c(=O)n1C)c1cccc(N)c1. The molecule has 5 nitrogen and oxygen atoms in total. The number of H-pyrrole nitrogens is 1. The first-order valence-electron chi connectivity index (χ1n) is 5.21. The van der Waals surface area contributed by atoms with Crippen molar-refractivity contribution in [1.82, 2.24) is 14.8 Å². The van der Waals surface area contributed by atoms with E-state index in [4.69, 9.17) is 5.73 Å². The van der Waals surface area contributed by atoms with E-state index in [0.717, 1.165) is 11.3 Å². The number of hydrogen-bond donors (Lipinski definition) is 2. The Bertz CT molecular complexity index is 575. The Balaban J connectivity index is 2.20. The first-order chi connectivity index (χ1) is 8.08. The molecule has 0 saturated carbocycles. The third-order valence-corrected chi connectivity index (χ3v) is 3.70. The number of rotatable bonds is 3. The maximum Gasteiger partial charge on any atom is 0.343 e. The van der Waals surface area contributed by atoms with Crippen LogP contribution in [0.1, 0.15) is 17.7 Å². The second-order valence-corrected chi connectivity index (χ2v) is 5.11. The Morgan fingerprint density at radius 2 is 2.29 bits per heavy atom. The number of nitrogens with zero attached hydrogens (tertiary/aromatic N) is 2. The zero-order valence-electron chi connectivity index (χ0n) is 9.68. The summed E-state index contributed by atoms with van der Waals surface area (Å²) in [6.45, 7) is 2.05. The van der Waals surface area contributed by atoms with Crippen LogP contribution in [0.4, 0.5) is 5.69 Å². The highest BCUT2D eigenvalue weighted by Crippen LogP contribution is 2.33. The molecule has 3 N–H and O–H groups in total. The largest absolute Gasteiger partial charge is 0.399 e. The maximum absolute atomic E-state index is 11.2. The minimum Gasteiger partial charge on any atom is -0.399 e. The van der Waals surface area contributed by atoms with Crippen molar-refractivity contribution in [3.63, 3.8) is 0 Å². The van der Waals surface area contributed by atoms with Gasteiger partial charge in [-0.05, 0) is 24.6 Å². The van der Waals surface area contributed by atoms with Crippen LogP contribution in [-0.4, -0.2) is 14.8 Å². The molecule has 90 valence electrons. The molecule has 1 unspecified atom stereocenters. The summed E-state index contributed by atoms with van der Waals surface area (Å²) in [4.78, 5) is 11.2. The van der Waals surface area contributed by atoms with Gasteiger partial charge in [-0.1, -0.05) is 23.9 Å². The van der Waals surface area contributed by atoms with Crippen molar-refractivity contribution in [1.29, 1.82) is 0 Å². The number of nitrogens with one attached hydrogen (secondary N) is 1. The molecule has 0 bridgehead atoms. The summed E-state index contributed by atoms with van der Waals surface area (Å²) in [6, 6.07) is 7.72. The molecule has 0 spiro atoms. The van der Waals surface area contributed by atoms with Crippen LogP contribution < -0.4 is 11.4 Å². The number of aromatic amines is 1. The number of hydrogen-bond acceptors (Lipinski definition) is 4. The fourth-order valence-corrected chi connectivity index (χ4v) is 2.41. The van der Waals surface area contributed by atoms with Gasteiger partial charge < -0.3 is 5.73 Å². The van der Waals surface area contributed by atoms with Crippen LogP contribution in [-0.2, 0) is 7.05 Å². The number of aromatic nitrogens is 3. The molecule has 2 rings (SSSR count). The lowest BCUT2D eigenvalue weighted by molar-refractivity contribution is 0.763. The van der Waals surface area contributed by atoms with E-state index in [9.17, 15) is 4.79 Å². The van der Waals surface area contributed by atoms with Crippen molar-refractivity contribution < 1.29 is 0 Å². The lowest BCUT2D eigenvalue weighted by atomic mass is 10.1. The Morgan fingerprint density at radius 1 is 1.53 bits per heavy atom. The Morgan fingerprint density at radius 3 is 2.88 bits per heavy atom. The Hall–Kier alpha value is -1.69. The molecule has 0 saturated heterocycles. The topological polar surface area (TPSA) is 76.7 Å². The van der Waals surface area contributed by atoms with Crippen molar-refractivity contribution in [2.45, 2.75) is 17.3 Å². The van der Waals surface area contributed by atoms with Crippen LogP contribution in [0.2, 0.25) is 0 Å². The molecule has 0 fully saturated rings. The molecule has 1 aromatic carbocycles. The normalized spacial score (nSPS) is 12.6. The zero-order chi connectivity index (χ0) is 12.4. The quantitative estimate of drug-likeness (QED) is 0.640. The highest BCUT2D eigenvalue weighted by atomic mass is 32.2. The Labute approximate surface area is 103 Å². The fraction of sp³-hybridized carbons (Fsp3) is 0.273. The molecular weight excluding hydrogens is 236 g/mol. The smallest absolute Gasteiger partial charge is 0.343 e. The van der Waals surface area contributed by atoms with Crippen molar-refractivity contribution >= 4 is 17.4 Å². The third-order valence-electron chi connectivity index (χ3n) is 2.50. The highest BCUT2D eigenvalue weighted by molar-refractivity contribution is 7.99. The van der Waals surface area contributed by atoms with Gasteiger partial charge in [0.2, 0.25) is 0 Å². The van der Waals surface area contributed by atoms with Crippen molar-refractivity contribution in [3.8, 4) is 0 Å². The summed E-state index contributed by atoms with van der Waals surface area (Å²) in [7, 11) is 1.69. The molecule has 2 aromatic rings. The van der Waals surface area contributed by atoms with Gasteiger partial charge in [-0.2, -0.15) is 0 Å². The lowest BCUT2D eigenvalue weighted by Crippen LogP contribution is -2.13. The van der Waals surface area contributed by atoms with Crippen LogP contribution >= 0.6 is 11.8 Å². The first kappa shape index (κ1) is 11.8. The summed E-state index contributed by atoms with van der Waals surface area (Å²) in [5.41, 5.74) is 7.39. The molecule has 1 atom stereocenters. The molecule has 0 aliphatic carbocycles. The van der Waals surface area contributed by atoms with Crippen LogP contribution in [0, 0.1) is 0 Å². The molecule has 0 aliphatic heterocycles. The maximum atomic E-state index is 11.2. The van der Waals surface area contributed by atoms with Gasteiger partial charge in [0.05, 0.1) is 0 Å². The average molecular weight is 250 g/mol. The predicted molar refractivity (Wildman–Crippen MR) is 69.0 cm³/mol. The molecule has 0 radical (unpaired) electrons. The standard InChI is InChI=1S/C11H14N4OS/c1-7(8-4-3-5-9(12)6-8)17-11-14-13-10(16)15(11)2/h3-7H,12H2,1-2H3,(H,13,16). The molecular formula is C11H14N4OS. The van der Waals surface area contributed by atoms with E-state index in [1.165, 1.54) is 16.3 Å². The number of anilines is 1.